The van der Waals surface area contributed by atoms with E-state index in [-0.39, 0.29) is 17.8 Å². The van der Waals surface area contributed by atoms with Gasteiger partial charge in [-0.1, -0.05) is 17.7 Å². The smallest absolute Gasteiger partial charge is 0.266 e. The quantitative estimate of drug-likeness (QED) is 0.861. The fraction of sp³-hybridized carbons (Fsp3) is 0.125. The molecule has 3 rings (SSSR count). The summed E-state index contributed by atoms with van der Waals surface area (Å²) < 4.78 is 13.8. The Kier molecular flexibility index (Phi) is 3.07. The van der Waals surface area contributed by atoms with Crippen molar-refractivity contribution < 1.29 is 14.0 Å². The highest BCUT2D eigenvalue weighted by molar-refractivity contribution is 6.34. The lowest BCUT2D eigenvalue weighted by Gasteiger charge is -2.17. The van der Waals surface area contributed by atoms with Crippen LogP contribution in [0, 0.1) is 12.7 Å². The minimum Gasteiger partial charge on any atom is -0.326 e. The molecular weight excluding hydrogens is 271 g/mol. The number of benzene rings is 2. The van der Waals surface area contributed by atoms with Crippen LogP contribution in [-0.4, -0.2) is 11.8 Å². The van der Waals surface area contributed by atoms with Gasteiger partial charge >= 0.3 is 0 Å². The Labute approximate surface area is 121 Å². The molecule has 4 nitrogen and oxygen atoms in total. The summed E-state index contributed by atoms with van der Waals surface area (Å²) in [6.07, 6.45) is 0. The SMILES string of the molecule is Cc1ccc2c(c1)C(=O)N(c1cccc(F)c1CN)C2=O. The van der Waals surface area contributed by atoms with E-state index in [9.17, 15) is 14.0 Å². The predicted octanol–water partition coefficient (Wildman–Crippen LogP) is 2.39. The highest BCUT2D eigenvalue weighted by Gasteiger charge is 2.37. The molecule has 2 N–H and O–H groups in total. The molecule has 1 aliphatic heterocycles. The van der Waals surface area contributed by atoms with Crippen LogP contribution in [0.3, 0.4) is 0 Å². The van der Waals surface area contributed by atoms with Crippen LogP contribution < -0.4 is 10.6 Å². The van der Waals surface area contributed by atoms with Crippen molar-refractivity contribution in [2.24, 2.45) is 5.73 Å². The van der Waals surface area contributed by atoms with Crippen LogP contribution >= 0.6 is 0 Å². The van der Waals surface area contributed by atoms with E-state index in [1.165, 1.54) is 18.2 Å². The normalized spacial score (nSPS) is 13.8. The van der Waals surface area contributed by atoms with Gasteiger partial charge in [-0.3, -0.25) is 9.59 Å². The van der Waals surface area contributed by atoms with Crippen LogP contribution in [0.5, 0.6) is 0 Å². The molecule has 0 atom stereocenters. The Hall–Kier alpha value is -2.53. The Balaban J connectivity index is 2.17. The Morgan fingerprint density at radius 3 is 2.52 bits per heavy atom. The number of carbonyl (C=O) groups excluding carboxylic acids is 2. The van der Waals surface area contributed by atoms with E-state index in [0.717, 1.165) is 10.5 Å². The summed E-state index contributed by atoms with van der Waals surface area (Å²) in [4.78, 5) is 25.9. The van der Waals surface area contributed by atoms with Crippen molar-refractivity contribution in [2.45, 2.75) is 13.5 Å². The topological polar surface area (TPSA) is 63.4 Å². The number of imide groups is 1. The molecule has 0 bridgehead atoms. The number of fused-ring (bicyclic) bond motifs is 1. The van der Waals surface area contributed by atoms with Crippen molar-refractivity contribution >= 4 is 17.5 Å². The lowest BCUT2D eigenvalue weighted by atomic mass is 10.1. The van der Waals surface area contributed by atoms with Crippen molar-refractivity contribution in [2.75, 3.05) is 4.90 Å². The van der Waals surface area contributed by atoms with Gasteiger partial charge in [0.2, 0.25) is 0 Å². The highest BCUT2D eigenvalue weighted by atomic mass is 19.1. The van der Waals surface area contributed by atoms with Crippen molar-refractivity contribution in [3.8, 4) is 0 Å². The second kappa shape index (κ2) is 4.79. The van der Waals surface area contributed by atoms with E-state index in [1.807, 2.05) is 6.92 Å². The second-order valence-electron chi connectivity index (χ2n) is 4.94. The fourth-order valence-corrected chi connectivity index (χ4v) is 2.53. The Morgan fingerprint density at radius 2 is 1.81 bits per heavy atom. The summed E-state index contributed by atoms with van der Waals surface area (Å²) in [6, 6.07) is 9.29. The van der Waals surface area contributed by atoms with Crippen molar-refractivity contribution in [3.63, 3.8) is 0 Å². The van der Waals surface area contributed by atoms with E-state index in [1.54, 1.807) is 18.2 Å². The van der Waals surface area contributed by atoms with Gasteiger partial charge < -0.3 is 5.73 Å². The molecule has 0 aliphatic carbocycles. The van der Waals surface area contributed by atoms with Gasteiger partial charge in [0.1, 0.15) is 5.82 Å². The molecule has 106 valence electrons. The van der Waals surface area contributed by atoms with Crippen LogP contribution in [-0.2, 0) is 6.54 Å². The van der Waals surface area contributed by atoms with Crippen LogP contribution in [0.2, 0.25) is 0 Å². The van der Waals surface area contributed by atoms with Crippen LogP contribution in [0.25, 0.3) is 0 Å². The molecule has 5 heteroatoms. The first-order valence-electron chi connectivity index (χ1n) is 6.51. The van der Waals surface area contributed by atoms with E-state index in [2.05, 4.69) is 0 Å². The van der Waals surface area contributed by atoms with Gasteiger partial charge in [0, 0.05) is 12.1 Å². The molecular formula is C16H13FN2O2. The summed E-state index contributed by atoms with van der Waals surface area (Å²) in [6.45, 7) is 1.75. The number of amides is 2. The number of hydrogen-bond acceptors (Lipinski definition) is 3. The minimum absolute atomic E-state index is 0.0888. The number of nitrogens with zero attached hydrogens (tertiary/aromatic N) is 1. The molecule has 0 radical (unpaired) electrons. The van der Waals surface area contributed by atoms with E-state index >= 15 is 0 Å². The van der Waals surface area contributed by atoms with Gasteiger partial charge in [-0.2, -0.15) is 0 Å². The highest BCUT2D eigenvalue weighted by Crippen LogP contribution is 2.32. The summed E-state index contributed by atoms with van der Waals surface area (Å²) in [5, 5.41) is 0. The lowest BCUT2D eigenvalue weighted by molar-refractivity contribution is 0.0926. The molecule has 0 unspecified atom stereocenters. The van der Waals surface area contributed by atoms with Gasteiger partial charge in [-0.25, -0.2) is 9.29 Å². The monoisotopic (exact) mass is 284 g/mol. The first-order chi connectivity index (χ1) is 10.0. The third-order valence-electron chi connectivity index (χ3n) is 3.58. The summed E-state index contributed by atoms with van der Waals surface area (Å²) in [5.74, 6) is -1.42. The second-order valence-corrected chi connectivity index (χ2v) is 4.94. The molecule has 1 heterocycles. The van der Waals surface area contributed by atoms with Gasteiger partial charge in [-0.15, -0.1) is 0 Å². The Morgan fingerprint density at radius 1 is 1.10 bits per heavy atom. The van der Waals surface area contributed by atoms with Gasteiger partial charge in [0.05, 0.1) is 16.8 Å². The summed E-state index contributed by atoms with van der Waals surface area (Å²) >= 11 is 0. The lowest BCUT2D eigenvalue weighted by Crippen LogP contribution is -2.31. The van der Waals surface area contributed by atoms with Crippen LogP contribution in [0.1, 0.15) is 31.8 Å². The first kappa shape index (κ1) is 13.5. The average Bonchev–Trinajstić information content (AvgIpc) is 2.70. The van der Waals surface area contributed by atoms with Crippen molar-refractivity contribution in [1.29, 1.82) is 0 Å². The third kappa shape index (κ3) is 1.94. The van der Waals surface area contributed by atoms with Crippen LogP contribution in [0.4, 0.5) is 10.1 Å². The Bertz CT molecular complexity index is 771. The maximum atomic E-state index is 13.8. The maximum Gasteiger partial charge on any atom is 0.266 e. The predicted molar refractivity (Wildman–Crippen MR) is 76.6 cm³/mol. The average molecular weight is 284 g/mol. The van der Waals surface area contributed by atoms with E-state index in [0.29, 0.717) is 11.1 Å². The fourth-order valence-electron chi connectivity index (χ4n) is 2.53. The maximum absolute atomic E-state index is 13.8. The molecule has 2 aromatic rings. The zero-order valence-corrected chi connectivity index (χ0v) is 11.4. The number of aryl methyl sites for hydroxylation is 1. The number of carbonyl (C=O) groups is 2. The molecule has 0 fully saturated rings. The largest absolute Gasteiger partial charge is 0.326 e. The zero-order chi connectivity index (χ0) is 15.1. The van der Waals surface area contributed by atoms with Crippen molar-refractivity contribution in [1.82, 2.24) is 0 Å². The number of anilines is 1. The number of rotatable bonds is 2. The molecule has 0 spiro atoms. The standard InChI is InChI=1S/C16H13FN2O2/c1-9-5-6-10-11(7-9)16(21)19(15(10)20)14-4-2-3-13(17)12(14)8-18/h2-7H,8,18H2,1H3. The van der Waals surface area contributed by atoms with Crippen LogP contribution in [0.15, 0.2) is 36.4 Å². The molecule has 0 aromatic heterocycles. The van der Waals surface area contributed by atoms with Gasteiger partial charge in [0.15, 0.2) is 0 Å². The number of nitrogens with two attached hydrogens (primary N) is 1. The van der Waals surface area contributed by atoms with E-state index < -0.39 is 17.6 Å². The molecule has 1 aliphatic rings. The molecule has 0 saturated heterocycles. The van der Waals surface area contributed by atoms with E-state index in [4.69, 9.17) is 5.73 Å². The van der Waals surface area contributed by atoms with Crippen molar-refractivity contribution in [3.05, 3.63) is 64.5 Å². The van der Waals surface area contributed by atoms with Gasteiger partial charge in [0.25, 0.3) is 11.8 Å². The zero-order valence-electron chi connectivity index (χ0n) is 11.4. The molecule has 2 amide bonds. The first-order valence-corrected chi connectivity index (χ1v) is 6.51. The molecule has 21 heavy (non-hydrogen) atoms. The minimum atomic E-state index is -0.525. The molecule has 0 saturated carbocycles. The number of hydrogen-bond donors (Lipinski definition) is 1. The molecule has 2 aromatic carbocycles. The summed E-state index contributed by atoms with van der Waals surface area (Å²) in [5.41, 5.74) is 7.47. The third-order valence-corrected chi connectivity index (χ3v) is 3.58. The number of halogens is 1. The van der Waals surface area contributed by atoms with Gasteiger partial charge in [-0.05, 0) is 31.2 Å². The summed E-state index contributed by atoms with van der Waals surface area (Å²) in [7, 11) is 0.